The van der Waals surface area contributed by atoms with E-state index < -0.39 is 74.2 Å². The van der Waals surface area contributed by atoms with Crippen molar-refractivity contribution in [2.75, 3.05) is 13.2 Å². The van der Waals surface area contributed by atoms with Gasteiger partial charge in [0, 0.05) is 0 Å². The van der Waals surface area contributed by atoms with Crippen molar-refractivity contribution in [3.63, 3.8) is 0 Å². The highest BCUT2D eigenvalue weighted by Gasteiger charge is 2.44. The van der Waals surface area contributed by atoms with Gasteiger partial charge >= 0.3 is 0 Å². The standard InChI is InChI=1S/C67H131NO10/c1-3-5-7-9-11-13-15-17-19-21-23-25-27-29-31-33-35-37-39-41-43-45-47-49-51-53-55-60(71)66(76)68-58(57-77-67-65(75)64(74)63(73)61(56-69)78-67)62(72)59(70)54-52-50-48-46-44-42-40-38-36-34-32-30-28-26-24-22-20-18-16-14-12-10-8-6-4-2/h29,31,58-65,67,69-75H,3-28,30,32-57H2,1-2H3,(H,68,76)/b31-29-. The van der Waals surface area contributed by atoms with Gasteiger partial charge in [-0.3, -0.25) is 4.79 Å². The van der Waals surface area contributed by atoms with Crippen molar-refractivity contribution in [1.29, 1.82) is 0 Å². The van der Waals surface area contributed by atoms with Crippen molar-refractivity contribution >= 4 is 5.91 Å². The highest BCUT2D eigenvalue weighted by molar-refractivity contribution is 5.80. The summed E-state index contributed by atoms with van der Waals surface area (Å²) < 4.78 is 11.2. The van der Waals surface area contributed by atoms with Crippen LogP contribution in [0, 0.1) is 0 Å². The summed E-state index contributed by atoms with van der Waals surface area (Å²) in [6.07, 6.45) is 57.1. The second-order valence-electron chi connectivity index (χ2n) is 24.3. The van der Waals surface area contributed by atoms with Gasteiger partial charge in [0.25, 0.3) is 0 Å². The van der Waals surface area contributed by atoms with Crippen LogP contribution >= 0.6 is 0 Å². The lowest BCUT2D eigenvalue weighted by Gasteiger charge is -2.40. The third-order valence-corrected chi connectivity index (χ3v) is 16.8. The Morgan fingerprint density at radius 2 is 0.744 bits per heavy atom. The van der Waals surface area contributed by atoms with E-state index in [-0.39, 0.29) is 6.42 Å². The second-order valence-corrected chi connectivity index (χ2v) is 24.3. The van der Waals surface area contributed by atoms with Crippen LogP contribution < -0.4 is 5.32 Å². The first-order valence-electron chi connectivity index (χ1n) is 34.1. The van der Waals surface area contributed by atoms with E-state index in [4.69, 9.17) is 9.47 Å². The number of carbonyl (C=O) groups excluding carboxylic acids is 1. The lowest BCUT2D eigenvalue weighted by Crippen LogP contribution is -2.60. The maximum atomic E-state index is 13.2. The molecule has 9 atom stereocenters. The number of aliphatic hydroxyl groups is 7. The number of ether oxygens (including phenoxy) is 2. The van der Waals surface area contributed by atoms with Crippen LogP contribution in [0.3, 0.4) is 0 Å². The Labute approximate surface area is 481 Å². The lowest BCUT2D eigenvalue weighted by molar-refractivity contribution is -0.303. The predicted molar refractivity (Wildman–Crippen MR) is 326 cm³/mol. The molecule has 78 heavy (non-hydrogen) atoms. The number of rotatable bonds is 60. The second kappa shape index (κ2) is 56.3. The molecular weight excluding hydrogens is 979 g/mol. The minimum atomic E-state index is -1.66. The average Bonchev–Trinajstić information content (AvgIpc) is 3.46. The zero-order valence-electron chi connectivity index (χ0n) is 51.2. The summed E-state index contributed by atoms with van der Waals surface area (Å²) in [5.41, 5.74) is 0. The zero-order chi connectivity index (χ0) is 56.8. The topological polar surface area (TPSA) is 189 Å². The summed E-state index contributed by atoms with van der Waals surface area (Å²) in [7, 11) is 0. The van der Waals surface area contributed by atoms with Crippen LogP contribution in [0.5, 0.6) is 0 Å². The molecule has 0 aromatic heterocycles. The van der Waals surface area contributed by atoms with Crippen molar-refractivity contribution in [1.82, 2.24) is 5.32 Å². The van der Waals surface area contributed by atoms with Crippen molar-refractivity contribution < 1.29 is 50.0 Å². The third kappa shape index (κ3) is 43.5. The van der Waals surface area contributed by atoms with Crippen molar-refractivity contribution in [2.45, 2.75) is 396 Å². The van der Waals surface area contributed by atoms with Crippen LogP contribution in [0.1, 0.15) is 341 Å². The van der Waals surface area contributed by atoms with Gasteiger partial charge < -0.3 is 50.5 Å². The number of carbonyl (C=O) groups is 1. The van der Waals surface area contributed by atoms with E-state index in [2.05, 4.69) is 31.3 Å². The lowest BCUT2D eigenvalue weighted by atomic mass is 9.98. The normalized spacial score (nSPS) is 19.4. The fraction of sp³-hybridized carbons (Fsp3) is 0.955. The summed E-state index contributed by atoms with van der Waals surface area (Å²) in [6, 6.07) is -1.17. The minimum absolute atomic E-state index is 0.262. The maximum absolute atomic E-state index is 13.2. The molecule has 9 unspecified atom stereocenters. The molecular formula is C67H131NO10. The van der Waals surface area contributed by atoms with E-state index >= 15 is 0 Å². The molecule has 8 N–H and O–H groups in total. The van der Waals surface area contributed by atoms with Gasteiger partial charge in [0.1, 0.15) is 36.6 Å². The van der Waals surface area contributed by atoms with E-state index in [0.717, 1.165) is 38.5 Å². The molecule has 11 heteroatoms. The number of aliphatic hydroxyl groups excluding tert-OH is 7. The fourth-order valence-electron chi connectivity index (χ4n) is 11.3. The van der Waals surface area contributed by atoms with E-state index in [1.807, 2.05) is 0 Å². The average molecular weight is 1110 g/mol. The van der Waals surface area contributed by atoms with Gasteiger partial charge in [-0.1, -0.05) is 315 Å². The van der Waals surface area contributed by atoms with E-state index in [1.54, 1.807) is 0 Å². The molecule has 1 aliphatic rings. The van der Waals surface area contributed by atoms with Crippen LogP contribution in [-0.2, 0) is 14.3 Å². The summed E-state index contributed by atoms with van der Waals surface area (Å²) in [6.45, 7) is 3.52. The molecule has 0 aromatic carbocycles. The molecule has 1 amide bonds. The molecule has 0 radical (unpaired) electrons. The number of nitrogens with one attached hydrogen (secondary N) is 1. The van der Waals surface area contributed by atoms with E-state index in [9.17, 15) is 40.5 Å². The summed E-state index contributed by atoms with van der Waals surface area (Å²) in [5.74, 6) is -0.691. The Balaban J connectivity index is 2.22. The largest absolute Gasteiger partial charge is 0.394 e. The van der Waals surface area contributed by atoms with Crippen LogP contribution in [0.2, 0.25) is 0 Å². The van der Waals surface area contributed by atoms with Crippen LogP contribution in [0.25, 0.3) is 0 Å². The van der Waals surface area contributed by atoms with Gasteiger partial charge in [0.2, 0.25) is 5.91 Å². The molecule has 464 valence electrons. The maximum Gasteiger partial charge on any atom is 0.249 e. The third-order valence-electron chi connectivity index (χ3n) is 16.8. The van der Waals surface area contributed by atoms with Crippen molar-refractivity contribution in [2.24, 2.45) is 0 Å². The Morgan fingerprint density at radius 3 is 1.08 bits per heavy atom. The SMILES string of the molecule is CCCCCCCCCCCCCC/C=C\CCCCCCCCCCCCC(O)C(=O)NC(COC1OC(CO)C(O)C(O)C1O)C(O)C(O)CCCCCCCCCCCCCCCCCCCCCCCCCCC. The van der Waals surface area contributed by atoms with Crippen molar-refractivity contribution in [3.05, 3.63) is 12.2 Å². The first-order chi connectivity index (χ1) is 38.2. The fourth-order valence-corrected chi connectivity index (χ4v) is 11.3. The molecule has 1 rings (SSSR count). The van der Waals surface area contributed by atoms with E-state index in [0.29, 0.717) is 19.3 Å². The smallest absolute Gasteiger partial charge is 0.249 e. The number of hydrogen-bond donors (Lipinski definition) is 8. The molecule has 0 bridgehead atoms. The quantitative estimate of drug-likeness (QED) is 0.0215. The number of unbranched alkanes of at least 4 members (excludes halogenated alkanes) is 46. The first-order valence-corrected chi connectivity index (χ1v) is 34.1. The predicted octanol–water partition coefficient (Wildman–Crippen LogP) is 15.9. The Morgan fingerprint density at radius 1 is 0.436 bits per heavy atom. The minimum Gasteiger partial charge on any atom is -0.394 e. The summed E-state index contributed by atoms with van der Waals surface area (Å²) in [4.78, 5) is 13.2. The molecule has 1 fully saturated rings. The summed E-state index contributed by atoms with van der Waals surface area (Å²) >= 11 is 0. The molecule has 1 aliphatic heterocycles. The van der Waals surface area contributed by atoms with Crippen LogP contribution in [0.15, 0.2) is 12.2 Å². The summed E-state index contributed by atoms with van der Waals surface area (Å²) in [5, 5.41) is 76.5. The van der Waals surface area contributed by atoms with Gasteiger partial charge in [-0.15, -0.1) is 0 Å². The molecule has 0 spiro atoms. The van der Waals surface area contributed by atoms with Gasteiger partial charge in [0.05, 0.1) is 25.4 Å². The van der Waals surface area contributed by atoms with Crippen LogP contribution in [0.4, 0.5) is 0 Å². The Bertz CT molecular complexity index is 1270. The highest BCUT2D eigenvalue weighted by Crippen LogP contribution is 2.24. The Hall–Kier alpha value is -1.15. The van der Waals surface area contributed by atoms with Gasteiger partial charge in [-0.05, 0) is 38.5 Å². The number of hydrogen-bond acceptors (Lipinski definition) is 10. The molecule has 0 saturated carbocycles. The Kier molecular flexibility index (Phi) is 54.1. The van der Waals surface area contributed by atoms with Gasteiger partial charge in [0.15, 0.2) is 6.29 Å². The molecule has 1 heterocycles. The first kappa shape index (κ1) is 74.9. The molecule has 0 aromatic rings. The van der Waals surface area contributed by atoms with E-state index in [1.165, 1.54) is 263 Å². The van der Waals surface area contributed by atoms with Gasteiger partial charge in [-0.2, -0.15) is 0 Å². The highest BCUT2D eigenvalue weighted by atomic mass is 16.7. The molecule has 0 aliphatic carbocycles. The zero-order valence-corrected chi connectivity index (χ0v) is 51.2. The monoisotopic (exact) mass is 1110 g/mol. The number of amides is 1. The van der Waals surface area contributed by atoms with Crippen molar-refractivity contribution in [3.8, 4) is 0 Å². The molecule has 11 nitrogen and oxygen atoms in total. The number of allylic oxidation sites excluding steroid dienone is 2. The molecule has 1 saturated heterocycles. The van der Waals surface area contributed by atoms with Gasteiger partial charge in [-0.25, -0.2) is 0 Å². The van der Waals surface area contributed by atoms with Crippen LogP contribution in [-0.4, -0.2) is 110 Å².